The van der Waals surface area contributed by atoms with Crippen LogP contribution in [0.5, 0.6) is 0 Å². The average Bonchev–Trinajstić information content (AvgIpc) is 2.31. The largest absolute Gasteiger partial charge is 0.396 e. The van der Waals surface area contributed by atoms with Crippen molar-refractivity contribution in [2.75, 3.05) is 16.8 Å². The maximum Gasteiger partial charge on any atom is 0.146 e. The Bertz CT molecular complexity index is 528. The number of nitrogen functional groups attached to an aromatic ring is 2. The van der Waals surface area contributed by atoms with Gasteiger partial charge in [-0.3, -0.25) is 0 Å². The molecule has 2 rings (SSSR count). The first-order valence-corrected chi connectivity index (χ1v) is 5.52. The fourth-order valence-electron chi connectivity index (χ4n) is 1.44. The Morgan fingerprint density at radius 3 is 2.76 bits per heavy atom. The van der Waals surface area contributed by atoms with Gasteiger partial charge >= 0.3 is 0 Å². The fraction of sp³-hybridized carbons (Fsp3) is 0.0833. The zero-order valence-corrected chi connectivity index (χ0v) is 9.91. The van der Waals surface area contributed by atoms with E-state index in [1.165, 1.54) is 0 Å². The van der Waals surface area contributed by atoms with Gasteiger partial charge in [0.05, 0.1) is 17.6 Å². The quantitative estimate of drug-likeness (QED) is 0.780. The smallest absolute Gasteiger partial charge is 0.146 e. The van der Waals surface area contributed by atoms with E-state index in [9.17, 15) is 0 Å². The molecule has 0 atom stereocenters. The molecule has 0 aliphatic rings. The molecule has 1 aromatic heterocycles. The molecule has 1 heterocycles. The zero-order valence-electron chi connectivity index (χ0n) is 9.15. The van der Waals surface area contributed by atoms with Crippen molar-refractivity contribution in [3.63, 3.8) is 0 Å². The van der Waals surface area contributed by atoms with Crippen LogP contribution in [0.2, 0.25) is 5.02 Å². The summed E-state index contributed by atoms with van der Waals surface area (Å²) in [6.45, 7) is 0.658. The Balaban J connectivity index is 2.05. The van der Waals surface area contributed by atoms with E-state index < -0.39 is 0 Å². The van der Waals surface area contributed by atoms with Crippen LogP contribution in [-0.2, 0) is 6.54 Å². The zero-order chi connectivity index (χ0) is 12.3. The summed E-state index contributed by atoms with van der Waals surface area (Å²) in [7, 11) is 0. The number of aromatic nitrogens is 1. The summed E-state index contributed by atoms with van der Waals surface area (Å²) in [5.74, 6) is 0.346. The molecular weight excluding hydrogens is 236 g/mol. The van der Waals surface area contributed by atoms with Gasteiger partial charge in [0.15, 0.2) is 0 Å². The highest BCUT2D eigenvalue weighted by Crippen LogP contribution is 2.17. The van der Waals surface area contributed by atoms with Crippen LogP contribution in [0.15, 0.2) is 36.5 Å². The summed E-state index contributed by atoms with van der Waals surface area (Å²) >= 11 is 5.90. The highest BCUT2D eigenvalue weighted by atomic mass is 35.5. The molecule has 0 aliphatic heterocycles. The second kappa shape index (κ2) is 4.93. The van der Waals surface area contributed by atoms with Crippen molar-refractivity contribution in [3.8, 4) is 0 Å². The number of pyridine rings is 1. The van der Waals surface area contributed by atoms with Crippen LogP contribution in [0.25, 0.3) is 0 Å². The van der Waals surface area contributed by atoms with E-state index in [1.807, 2.05) is 24.3 Å². The molecule has 2 aromatic rings. The number of anilines is 3. The standard InChI is InChI=1S/C12H13ClN4/c13-9-3-1-2-8(4-9)6-16-10-5-11(14)12(15)17-7-10/h1-5,7,16H,6,14H2,(H2,15,17). The van der Waals surface area contributed by atoms with E-state index in [2.05, 4.69) is 10.3 Å². The lowest BCUT2D eigenvalue weighted by Crippen LogP contribution is -2.03. The van der Waals surface area contributed by atoms with Crippen LogP contribution in [0, 0.1) is 0 Å². The number of hydrogen-bond acceptors (Lipinski definition) is 4. The van der Waals surface area contributed by atoms with Crippen LogP contribution < -0.4 is 16.8 Å². The second-order valence-electron chi connectivity index (χ2n) is 3.68. The second-order valence-corrected chi connectivity index (χ2v) is 4.12. The minimum absolute atomic E-state index is 0.346. The lowest BCUT2D eigenvalue weighted by atomic mass is 10.2. The molecule has 0 bridgehead atoms. The van der Waals surface area contributed by atoms with Gasteiger partial charge in [0.2, 0.25) is 0 Å². The Hall–Kier alpha value is -1.94. The molecule has 0 aliphatic carbocycles. The van der Waals surface area contributed by atoms with Crippen molar-refractivity contribution in [2.24, 2.45) is 0 Å². The molecule has 0 fully saturated rings. The van der Waals surface area contributed by atoms with Gasteiger partial charge in [0, 0.05) is 11.6 Å². The van der Waals surface area contributed by atoms with Crippen molar-refractivity contribution in [1.82, 2.24) is 4.98 Å². The summed E-state index contributed by atoms with van der Waals surface area (Å²) in [4.78, 5) is 3.97. The first kappa shape index (κ1) is 11.5. The van der Waals surface area contributed by atoms with Gasteiger partial charge in [0.1, 0.15) is 5.82 Å². The van der Waals surface area contributed by atoms with Crippen LogP contribution in [0.4, 0.5) is 17.2 Å². The van der Waals surface area contributed by atoms with E-state index in [0.717, 1.165) is 16.3 Å². The number of halogens is 1. The minimum Gasteiger partial charge on any atom is -0.396 e. The van der Waals surface area contributed by atoms with Crippen LogP contribution in [0.1, 0.15) is 5.56 Å². The number of benzene rings is 1. The van der Waals surface area contributed by atoms with Gasteiger partial charge in [-0.05, 0) is 23.8 Å². The Morgan fingerprint density at radius 2 is 2.06 bits per heavy atom. The van der Waals surface area contributed by atoms with Crippen molar-refractivity contribution in [2.45, 2.75) is 6.54 Å². The third kappa shape index (κ3) is 3.01. The number of nitrogens with zero attached hydrogens (tertiary/aromatic N) is 1. The minimum atomic E-state index is 0.346. The maximum atomic E-state index is 5.90. The molecule has 1 aromatic carbocycles. The predicted molar refractivity (Wildman–Crippen MR) is 71.8 cm³/mol. The van der Waals surface area contributed by atoms with E-state index in [1.54, 1.807) is 12.3 Å². The first-order chi connectivity index (χ1) is 8.15. The monoisotopic (exact) mass is 248 g/mol. The molecule has 0 saturated carbocycles. The van der Waals surface area contributed by atoms with Gasteiger partial charge in [-0.2, -0.15) is 0 Å². The Kier molecular flexibility index (Phi) is 3.35. The van der Waals surface area contributed by atoms with Gasteiger partial charge in [-0.25, -0.2) is 4.98 Å². The van der Waals surface area contributed by atoms with Crippen LogP contribution in [0.3, 0.4) is 0 Å². The van der Waals surface area contributed by atoms with E-state index in [0.29, 0.717) is 18.1 Å². The summed E-state index contributed by atoms with van der Waals surface area (Å²) < 4.78 is 0. The number of rotatable bonds is 3. The third-order valence-electron chi connectivity index (χ3n) is 2.34. The predicted octanol–water partition coefficient (Wildman–Crippen LogP) is 2.51. The lowest BCUT2D eigenvalue weighted by molar-refractivity contribution is 1.14. The molecule has 0 radical (unpaired) electrons. The summed E-state index contributed by atoms with van der Waals surface area (Å²) in [5, 5.41) is 3.92. The Morgan fingerprint density at radius 1 is 1.24 bits per heavy atom. The molecule has 0 saturated heterocycles. The first-order valence-electron chi connectivity index (χ1n) is 5.14. The number of nitrogens with two attached hydrogens (primary N) is 2. The molecule has 5 heteroatoms. The molecule has 5 N–H and O–H groups in total. The summed E-state index contributed by atoms with van der Waals surface area (Å²) in [5.41, 5.74) is 13.6. The fourth-order valence-corrected chi connectivity index (χ4v) is 1.65. The highest BCUT2D eigenvalue weighted by molar-refractivity contribution is 6.30. The normalized spacial score (nSPS) is 10.2. The molecule has 0 unspecified atom stereocenters. The van der Waals surface area contributed by atoms with Gasteiger partial charge in [0.25, 0.3) is 0 Å². The van der Waals surface area contributed by atoms with Crippen LogP contribution >= 0.6 is 11.6 Å². The van der Waals surface area contributed by atoms with Crippen molar-refractivity contribution in [3.05, 3.63) is 47.1 Å². The highest BCUT2D eigenvalue weighted by Gasteiger charge is 1.99. The molecule has 0 amide bonds. The lowest BCUT2D eigenvalue weighted by Gasteiger charge is -2.08. The molecule has 0 spiro atoms. The average molecular weight is 249 g/mol. The SMILES string of the molecule is Nc1cc(NCc2cccc(Cl)c2)cnc1N. The third-order valence-corrected chi connectivity index (χ3v) is 2.57. The van der Waals surface area contributed by atoms with E-state index in [4.69, 9.17) is 23.1 Å². The van der Waals surface area contributed by atoms with Crippen molar-refractivity contribution < 1.29 is 0 Å². The van der Waals surface area contributed by atoms with Gasteiger partial charge in [-0.1, -0.05) is 23.7 Å². The number of hydrogen-bond donors (Lipinski definition) is 3. The molecular formula is C12H13ClN4. The van der Waals surface area contributed by atoms with E-state index >= 15 is 0 Å². The summed E-state index contributed by atoms with van der Waals surface area (Å²) in [6, 6.07) is 9.41. The summed E-state index contributed by atoms with van der Waals surface area (Å²) in [6.07, 6.45) is 1.65. The topological polar surface area (TPSA) is 77.0 Å². The van der Waals surface area contributed by atoms with Gasteiger partial charge in [-0.15, -0.1) is 0 Å². The van der Waals surface area contributed by atoms with E-state index in [-0.39, 0.29) is 0 Å². The van der Waals surface area contributed by atoms with Gasteiger partial charge < -0.3 is 16.8 Å². The Labute approximate surface area is 105 Å². The molecule has 17 heavy (non-hydrogen) atoms. The molecule has 88 valence electrons. The van der Waals surface area contributed by atoms with Crippen LogP contribution in [-0.4, -0.2) is 4.98 Å². The maximum absolute atomic E-state index is 5.90. The van der Waals surface area contributed by atoms with Crippen molar-refractivity contribution in [1.29, 1.82) is 0 Å². The number of nitrogens with one attached hydrogen (secondary N) is 1. The van der Waals surface area contributed by atoms with Crippen molar-refractivity contribution >= 4 is 28.8 Å². The molecule has 4 nitrogen and oxygen atoms in total.